The number of rotatable bonds is 1. The van der Waals surface area contributed by atoms with E-state index in [9.17, 15) is 0 Å². The van der Waals surface area contributed by atoms with E-state index in [0.717, 1.165) is 31.1 Å². The van der Waals surface area contributed by atoms with Gasteiger partial charge < -0.3 is 9.80 Å². The van der Waals surface area contributed by atoms with E-state index in [1.807, 2.05) is 19.1 Å². The van der Waals surface area contributed by atoms with Gasteiger partial charge in [-0.2, -0.15) is 5.26 Å². The molecule has 0 aliphatic carbocycles. The van der Waals surface area contributed by atoms with Crippen molar-refractivity contribution in [2.24, 2.45) is 0 Å². The molecular formula is C13H18N4. The second kappa shape index (κ2) is 4.72. The Morgan fingerprint density at radius 3 is 2.82 bits per heavy atom. The number of aromatic nitrogens is 1. The lowest BCUT2D eigenvalue weighted by Gasteiger charge is -2.38. The number of piperazine rings is 1. The molecular weight excluding hydrogens is 212 g/mol. The molecule has 1 aromatic rings. The van der Waals surface area contributed by atoms with E-state index < -0.39 is 0 Å². The molecule has 1 fully saturated rings. The number of hydrogen-bond donors (Lipinski definition) is 0. The lowest BCUT2D eigenvalue weighted by Crippen LogP contribution is -2.50. The van der Waals surface area contributed by atoms with Crippen molar-refractivity contribution in [2.45, 2.75) is 19.9 Å². The Morgan fingerprint density at radius 2 is 2.18 bits per heavy atom. The second-order valence-corrected chi connectivity index (χ2v) is 4.74. The van der Waals surface area contributed by atoms with Crippen LogP contribution in [0.4, 0.5) is 5.82 Å². The number of likely N-dealkylation sites (N-methyl/N-ethyl adjacent to an activating group) is 1. The molecule has 90 valence electrons. The van der Waals surface area contributed by atoms with Gasteiger partial charge in [0, 0.05) is 31.4 Å². The summed E-state index contributed by atoms with van der Waals surface area (Å²) in [5.41, 5.74) is 1.60. The van der Waals surface area contributed by atoms with E-state index in [1.54, 1.807) is 0 Å². The maximum atomic E-state index is 8.97. The van der Waals surface area contributed by atoms with Gasteiger partial charge in [-0.1, -0.05) is 0 Å². The summed E-state index contributed by atoms with van der Waals surface area (Å²) < 4.78 is 0. The van der Waals surface area contributed by atoms with Gasteiger partial charge in [0.15, 0.2) is 0 Å². The molecule has 1 aliphatic rings. The SMILES string of the molecule is Cc1cc(C#N)cc(N2CCN(C)C(C)C2)n1. The zero-order valence-electron chi connectivity index (χ0n) is 10.6. The summed E-state index contributed by atoms with van der Waals surface area (Å²) in [6, 6.07) is 6.42. The van der Waals surface area contributed by atoms with E-state index in [4.69, 9.17) is 5.26 Å². The van der Waals surface area contributed by atoms with Crippen LogP contribution < -0.4 is 4.90 Å². The van der Waals surface area contributed by atoms with Gasteiger partial charge in [0.1, 0.15) is 5.82 Å². The Kier molecular flexibility index (Phi) is 3.30. The van der Waals surface area contributed by atoms with Gasteiger partial charge in [-0.15, -0.1) is 0 Å². The smallest absolute Gasteiger partial charge is 0.130 e. The number of aryl methyl sites for hydroxylation is 1. The van der Waals surface area contributed by atoms with Crippen molar-refractivity contribution in [3.63, 3.8) is 0 Å². The predicted molar refractivity (Wildman–Crippen MR) is 68.0 cm³/mol. The summed E-state index contributed by atoms with van der Waals surface area (Å²) >= 11 is 0. The number of anilines is 1. The zero-order valence-corrected chi connectivity index (χ0v) is 10.6. The van der Waals surface area contributed by atoms with E-state index in [-0.39, 0.29) is 0 Å². The maximum absolute atomic E-state index is 8.97. The molecule has 4 nitrogen and oxygen atoms in total. The average Bonchev–Trinajstić information content (AvgIpc) is 2.32. The average molecular weight is 230 g/mol. The molecule has 0 N–H and O–H groups in total. The maximum Gasteiger partial charge on any atom is 0.130 e. The quantitative estimate of drug-likeness (QED) is 0.731. The van der Waals surface area contributed by atoms with Gasteiger partial charge in [-0.3, -0.25) is 0 Å². The fourth-order valence-electron chi connectivity index (χ4n) is 2.13. The van der Waals surface area contributed by atoms with Crippen LogP contribution in [0.25, 0.3) is 0 Å². The Labute approximate surface area is 102 Å². The molecule has 1 saturated heterocycles. The number of hydrogen-bond acceptors (Lipinski definition) is 4. The summed E-state index contributed by atoms with van der Waals surface area (Å²) in [5.74, 6) is 0.932. The lowest BCUT2D eigenvalue weighted by atomic mass is 10.2. The highest BCUT2D eigenvalue weighted by atomic mass is 15.3. The molecule has 1 aliphatic heterocycles. The van der Waals surface area contributed by atoms with Gasteiger partial charge >= 0.3 is 0 Å². The number of nitrogens with zero attached hydrogens (tertiary/aromatic N) is 4. The topological polar surface area (TPSA) is 43.2 Å². The van der Waals surface area contributed by atoms with Crippen molar-refractivity contribution in [3.05, 3.63) is 23.4 Å². The van der Waals surface area contributed by atoms with Crippen LogP contribution in [0.15, 0.2) is 12.1 Å². The summed E-state index contributed by atoms with van der Waals surface area (Å²) in [5, 5.41) is 8.97. The monoisotopic (exact) mass is 230 g/mol. The van der Waals surface area contributed by atoms with Crippen molar-refractivity contribution < 1.29 is 0 Å². The lowest BCUT2D eigenvalue weighted by molar-refractivity contribution is 0.233. The number of pyridine rings is 1. The third-order valence-corrected chi connectivity index (χ3v) is 3.35. The highest BCUT2D eigenvalue weighted by Crippen LogP contribution is 2.18. The normalized spacial score (nSPS) is 21.3. The van der Waals surface area contributed by atoms with Gasteiger partial charge in [0.2, 0.25) is 0 Å². The molecule has 0 bridgehead atoms. The van der Waals surface area contributed by atoms with Crippen molar-refractivity contribution in [1.29, 1.82) is 5.26 Å². The van der Waals surface area contributed by atoms with Crippen molar-refractivity contribution in [3.8, 4) is 6.07 Å². The predicted octanol–water partition coefficient (Wildman–Crippen LogP) is 1.40. The van der Waals surface area contributed by atoms with Crippen LogP contribution in [0.5, 0.6) is 0 Å². The Hall–Kier alpha value is -1.60. The van der Waals surface area contributed by atoms with Gasteiger partial charge in [0.25, 0.3) is 0 Å². The molecule has 0 aromatic carbocycles. The fraction of sp³-hybridized carbons (Fsp3) is 0.538. The van der Waals surface area contributed by atoms with E-state index in [0.29, 0.717) is 11.6 Å². The molecule has 1 unspecified atom stereocenters. The standard InChI is InChI=1S/C13H18N4/c1-10-6-12(8-14)7-13(15-10)17-5-4-16(3)11(2)9-17/h6-7,11H,4-5,9H2,1-3H3. The minimum absolute atomic E-state index is 0.525. The van der Waals surface area contributed by atoms with Crippen LogP contribution in [0.2, 0.25) is 0 Å². The Balaban J connectivity index is 2.23. The summed E-state index contributed by atoms with van der Waals surface area (Å²) in [6.07, 6.45) is 0. The highest BCUT2D eigenvalue weighted by molar-refractivity contribution is 5.47. The van der Waals surface area contributed by atoms with Gasteiger partial charge in [-0.05, 0) is 33.0 Å². The van der Waals surface area contributed by atoms with Crippen LogP contribution in [-0.2, 0) is 0 Å². The van der Waals surface area contributed by atoms with Crippen molar-refractivity contribution in [2.75, 3.05) is 31.6 Å². The van der Waals surface area contributed by atoms with Crippen LogP contribution in [0.3, 0.4) is 0 Å². The second-order valence-electron chi connectivity index (χ2n) is 4.74. The largest absolute Gasteiger partial charge is 0.354 e. The van der Waals surface area contributed by atoms with Crippen molar-refractivity contribution in [1.82, 2.24) is 9.88 Å². The van der Waals surface area contributed by atoms with Crippen LogP contribution in [0.1, 0.15) is 18.2 Å². The third kappa shape index (κ3) is 2.56. The van der Waals surface area contributed by atoms with E-state index in [2.05, 4.69) is 34.8 Å². The molecule has 0 amide bonds. The first-order valence-corrected chi connectivity index (χ1v) is 5.94. The first kappa shape index (κ1) is 11.9. The Morgan fingerprint density at radius 1 is 1.41 bits per heavy atom. The third-order valence-electron chi connectivity index (χ3n) is 3.35. The minimum Gasteiger partial charge on any atom is -0.354 e. The zero-order chi connectivity index (χ0) is 12.4. The summed E-state index contributed by atoms with van der Waals surface area (Å²) in [4.78, 5) is 9.13. The molecule has 2 rings (SSSR count). The van der Waals surface area contributed by atoms with Crippen molar-refractivity contribution >= 4 is 5.82 Å². The Bertz CT molecular complexity index is 449. The minimum atomic E-state index is 0.525. The molecule has 2 heterocycles. The summed E-state index contributed by atoms with van der Waals surface area (Å²) in [6.45, 7) is 7.13. The molecule has 0 radical (unpaired) electrons. The van der Waals surface area contributed by atoms with Crippen LogP contribution in [-0.4, -0.2) is 42.6 Å². The molecule has 0 saturated carbocycles. The van der Waals surface area contributed by atoms with E-state index >= 15 is 0 Å². The fourth-order valence-corrected chi connectivity index (χ4v) is 2.13. The number of nitriles is 1. The van der Waals surface area contributed by atoms with Crippen LogP contribution in [0, 0.1) is 18.3 Å². The molecule has 0 spiro atoms. The highest BCUT2D eigenvalue weighted by Gasteiger charge is 2.21. The van der Waals surface area contributed by atoms with E-state index in [1.165, 1.54) is 0 Å². The molecule has 1 aromatic heterocycles. The molecule has 4 heteroatoms. The first-order chi connectivity index (χ1) is 8.10. The first-order valence-electron chi connectivity index (χ1n) is 5.94. The molecule has 1 atom stereocenters. The van der Waals surface area contributed by atoms with Crippen LogP contribution >= 0.6 is 0 Å². The van der Waals surface area contributed by atoms with Gasteiger partial charge in [0.05, 0.1) is 11.6 Å². The van der Waals surface area contributed by atoms with Gasteiger partial charge in [-0.25, -0.2) is 4.98 Å². The summed E-state index contributed by atoms with van der Waals surface area (Å²) in [7, 11) is 2.15. The molecule has 17 heavy (non-hydrogen) atoms.